The molecule has 2 aromatic heterocycles. The van der Waals surface area contributed by atoms with Crippen molar-refractivity contribution in [2.75, 3.05) is 50.4 Å². The van der Waals surface area contributed by atoms with Crippen LogP contribution in [0.3, 0.4) is 0 Å². The second-order valence-electron chi connectivity index (χ2n) is 10.8. The summed E-state index contributed by atoms with van der Waals surface area (Å²) in [5.74, 6) is -1.73. The highest BCUT2D eigenvalue weighted by molar-refractivity contribution is 6.16. The van der Waals surface area contributed by atoms with E-state index in [4.69, 9.17) is 4.74 Å². The highest BCUT2D eigenvalue weighted by Gasteiger charge is 2.56. The minimum atomic E-state index is -1.26. The molecule has 42 heavy (non-hydrogen) atoms. The molecule has 1 saturated heterocycles. The molecule has 2 fully saturated rings. The van der Waals surface area contributed by atoms with Crippen molar-refractivity contribution in [3.8, 4) is 11.5 Å². The van der Waals surface area contributed by atoms with Gasteiger partial charge in [0.25, 0.3) is 0 Å². The summed E-state index contributed by atoms with van der Waals surface area (Å²) in [4.78, 5) is 34.9. The molecule has 0 radical (unpaired) electrons. The topological polar surface area (TPSA) is 115 Å². The number of anilines is 2. The average Bonchev–Trinajstić information content (AvgIpc) is 3.70. The Morgan fingerprint density at radius 2 is 1.64 bits per heavy atom. The second kappa shape index (κ2) is 11.5. The molecule has 2 aliphatic rings. The van der Waals surface area contributed by atoms with Gasteiger partial charge in [-0.25, -0.2) is 13.8 Å². The first-order valence-corrected chi connectivity index (χ1v) is 13.9. The number of carbonyl (C=O) groups is 2. The van der Waals surface area contributed by atoms with E-state index in [0.717, 1.165) is 44.5 Å². The van der Waals surface area contributed by atoms with Gasteiger partial charge in [0.15, 0.2) is 17.2 Å². The first-order chi connectivity index (χ1) is 20.3. The maximum atomic E-state index is 15.2. The van der Waals surface area contributed by atoms with Crippen LogP contribution >= 0.6 is 0 Å². The van der Waals surface area contributed by atoms with Crippen LogP contribution in [0.5, 0.6) is 11.5 Å². The number of amides is 2. The summed E-state index contributed by atoms with van der Waals surface area (Å²) >= 11 is 0. The van der Waals surface area contributed by atoms with Crippen molar-refractivity contribution in [1.29, 1.82) is 0 Å². The predicted octanol–water partition coefficient (Wildman–Crippen LogP) is 4.18. The van der Waals surface area contributed by atoms with Crippen LogP contribution in [-0.4, -0.2) is 76.6 Å². The van der Waals surface area contributed by atoms with Crippen molar-refractivity contribution >= 4 is 34.2 Å². The van der Waals surface area contributed by atoms with E-state index >= 15 is 4.39 Å². The van der Waals surface area contributed by atoms with Gasteiger partial charge in [-0.3, -0.25) is 14.7 Å². The van der Waals surface area contributed by atoms with E-state index in [1.165, 1.54) is 36.4 Å². The van der Waals surface area contributed by atoms with Gasteiger partial charge in [-0.2, -0.15) is 5.10 Å². The first kappa shape index (κ1) is 27.7. The summed E-state index contributed by atoms with van der Waals surface area (Å²) in [6.07, 6.45) is 2.97. The number of nitrogens with zero attached hydrogens (tertiary/aromatic N) is 4. The van der Waals surface area contributed by atoms with Gasteiger partial charge in [-0.15, -0.1) is 0 Å². The Bertz CT molecular complexity index is 1610. The highest BCUT2D eigenvalue weighted by Crippen LogP contribution is 2.47. The van der Waals surface area contributed by atoms with Crippen LogP contribution in [-0.2, 0) is 16.0 Å². The molecule has 0 spiro atoms. The number of benzene rings is 2. The Hall–Kier alpha value is -4.42. The van der Waals surface area contributed by atoms with Crippen molar-refractivity contribution in [3.05, 3.63) is 72.1 Å². The maximum absolute atomic E-state index is 15.2. The van der Waals surface area contributed by atoms with Gasteiger partial charge < -0.3 is 25.2 Å². The summed E-state index contributed by atoms with van der Waals surface area (Å²) in [5.41, 5.74) is 0.675. The van der Waals surface area contributed by atoms with Crippen LogP contribution in [0.1, 0.15) is 18.5 Å². The van der Waals surface area contributed by atoms with Crippen molar-refractivity contribution in [2.24, 2.45) is 5.41 Å². The molecule has 1 aliphatic carbocycles. The molecule has 0 unspecified atom stereocenters. The SMILES string of the molecule is CN1CCN(CCc2n[nH]c3nccc(Oc4ccc(NC(=O)C5(C(=O)Nc6ccc(F)cc6)CC5)cc4F)c23)CC1. The molecule has 3 N–H and O–H groups in total. The summed E-state index contributed by atoms with van der Waals surface area (Å²) < 4.78 is 34.3. The molecule has 0 bridgehead atoms. The van der Waals surface area contributed by atoms with Crippen LogP contribution < -0.4 is 15.4 Å². The third-order valence-electron chi connectivity index (χ3n) is 7.89. The number of aromatic amines is 1. The molecule has 4 aromatic rings. The van der Waals surface area contributed by atoms with Crippen molar-refractivity contribution in [3.63, 3.8) is 0 Å². The van der Waals surface area contributed by atoms with Gasteiger partial charge in [0, 0.05) is 62.8 Å². The molecule has 6 rings (SSSR count). The minimum Gasteiger partial charge on any atom is -0.453 e. The number of aromatic nitrogens is 3. The molecule has 0 atom stereocenters. The first-order valence-electron chi connectivity index (χ1n) is 13.9. The number of H-pyrrole nitrogens is 1. The highest BCUT2D eigenvalue weighted by atomic mass is 19.1. The monoisotopic (exact) mass is 575 g/mol. The molecule has 2 aromatic carbocycles. The molecule has 218 valence electrons. The normalized spacial score (nSPS) is 16.7. The summed E-state index contributed by atoms with van der Waals surface area (Å²) in [6, 6.07) is 11.1. The van der Waals surface area contributed by atoms with E-state index in [1.54, 1.807) is 12.3 Å². The zero-order chi connectivity index (χ0) is 29.3. The van der Waals surface area contributed by atoms with Crippen molar-refractivity contribution in [2.45, 2.75) is 19.3 Å². The number of ether oxygens (including phenoxy) is 1. The number of hydrogen-bond donors (Lipinski definition) is 3. The van der Waals surface area contributed by atoms with Gasteiger partial charge >= 0.3 is 0 Å². The Morgan fingerprint density at radius 3 is 2.33 bits per heavy atom. The van der Waals surface area contributed by atoms with Crippen LogP contribution in [0.2, 0.25) is 0 Å². The third kappa shape index (κ3) is 5.81. The largest absolute Gasteiger partial charge is 0.453 e. The number of carbonyl (C=O) groups excluding carboxylic acids is 2. The Balaban J connectivity index is 1.12. The fourth-order valence-corrected chi connectivity index (χ4v) is 5.08. The van der Waals surface area contributed by atoms with Crippen LogP contribution in [0.15, 0.2) is 54.7 Å². The Labute approximate surface area is 241 Å². The zero-order valence-corrected chi connectivity index (χ0v) is 23.1. The average molecular weight is 576 g/mol. The maximum Gasteiger partial charge on any atom is 0.240 e. The minimum absolute atomic E-state index is 0.0260. The lowest BCUT2D eigenvalue weighted by Crippen LogP contribution is -2.45. The number of rotatable bonds is 9. The predicted molar refractivity (Wildman–Crippen MR) is 153 cm³/mol. The quantitative estimate of drug-likeness (QED) is 0.257. The van der Waals surface area contributed by atoms with E-state index in [0.29, 0.717) is 41.7 Å². The van der Waals surface area contributed by atoms with E-state index in [9.17, 15) is 14.0 Å². The number of nitrogens with one attached hydrogen (secondary N) is 3. The van der Waals surface area contributed by atoms with Crippen molar-refractivity contribution in [1.82, 2.24) is 25.0 Å². The van der Waals surface area contributed by atoms with Gasteiger partial charge in [0.05, 0.1) is 11.1 Å². The molecule has 12 heteroatoms. The van der Waals surface area contributed by atoms with E-state index in [-0.39, 0.29) is 11.4 Å². The van der Waals surface area contributed by atoms with Crippen LogP contribution in [0, 0.1) is 17.0 Å². The lowest BCUT2D eigenvalue weighted by atomic mass is 10.0. The number of likely N-dealkylation sites (N-methyl/N-ethyl adjacent to an activating group) is 1. The fourth-order valence-electron chi connectivity index (χ4n) is 5.08. The van der Waals surface area contributed by atoms with E-state index < -0.39 is 28.9 Å². The van der Waals surface area contributed by atoms with E-state index in [2.05, 4.69) is 42.7 Å². The molecular weight excluding hydrogens is 544 g/mol. The molecule has 3 heterocycles. The van der Waals surface area contributed by atoms with Crippen molar-refractivity contribution < 1.29 is 23.1 Å². The summed E-state index contributed by atoms with van der Waals surface area (Å²) in [7, 11) is 2.12. The number of pyridine rings is 1. The second-order valence-corrected chi connectivity index (χ2v) is 10.8. The molecular formula is C30H31F2N7O3. The lowest BCUT2D eigenvalue weighted by Gasteiger charge is -2.32. The molecule has 1 aliphatic heterocycles. The third-order valence-corrected chi connectivity index (χ3v) is 7.89. The van der Waals surface area contributed by atoms with Gasteiger partial charge in [-0.05, 0) is 62.4 Å². The zero-order valence-electron chi connectivity index (χ0n) is 23.1. The van der Waals surface area contributed by atoms with Crippen LogP contribution in [0.4, 0.5) is 20.2 Å². The molecule has 1 saturated carbocycles. The Morgan fingerprint density at radius 1 is 0.952 bits per heavy atom. The van der Waals surface area contributed by atoms with Gasteiger partial charge in [0.1, 0.15) is 17.0 Å². The van der Waals surface area contributed by atoms with Gasteiger partial charge in [-0.1, -0.05) is 0 Å². The van der Waals surface area contributed by atoms with Gasteiger partial charge in [0.2, 0.25) is 11.8 Å². The number of piperazine rings is 1. The number of halogens is 2. The Kier molecular flexibility index (Phi) is 7.56. The molecule has 10 nitrogen and oxygen atoms in total. The molecule has 2 amide bonds. The van der Waals surface area contributed by atoms with E-state index in [1.807, 2.05) is 0 Å². The summed E-state index contributed by atoms with van der Waals surface area (Å²) in [6.45, 7) is 4.88. The van der Waals surface area contributed by atoms with Crippen LogP contribution in [0.25, 0.3) is 11.0 Å². The number of fused-ring (bicyclic) bond motifs is 1. The smallest absolute Gasteiger partial charge is 0.240 e. The summed E-state index contributed by atoms with van der Waals surface area (Å²) in [5, 5.41) is 13.4. The lowest BCUT2D eigenvalue weighted by molar-refractivity contribution is -0.131. The standard InChI is InChI=1S/C30H31F2N7O3/c1-38-14-16-39(17-15-38)13-9-23-26-25(8-12-33-27(26)37-36-23)42-24-7-6-21(18-22(24)32)35-29(41)30(10-11-30)28(40)34-20-4-2-19(31)3-5-20/h2-8,12,18H,9-11,13-17H2,1H3,(H,34,40)(H,35,41)(H,33,36,37). The fraction of sp³-hybridized carbons (Fsp3) is 0.333. The number of hydrogen-bond acceptors (Lipinski definition) is 7.